The fourth-order valence-corrected chi connectivity index (χ4v) is 4.47. The Bertz CT molecular complexity index is 1210. The lowest BCUT2D eigenvalue weighted by atomic mass is 9.84. The number of methoxy groups -OCH3 is 2. The van der Waals surface area contributed by atoms with E-state index in [0.717, 1.165) is 16.6 Å². The van der Waals surface area contributed by atoms with Crippen molar-refractivity contribution in [1.29, 1.82) is 5.26 Å². The van der Waals surface area contributed by atoms with Gasteiger partial charge in [0.05, 0.1) is 17.1 Å². The Labute approximate surface area is 186 Å². The van der Waals surface area contributed by atoms with Crippen molar-refractivity contribution >= 4 is 22.7 Å². The molecule has 0 saturated heterocycles. The maximum absolute atomic E-state index is 11.7. The average Bonchev–Trinajstić information content (AvgIpc) is 3.07. The second-order valence-corrected chi connectivity index (χ2v) is 8.24. The zero-order valence-electron chi connectivity index (χ0n) is 18.7. The van der Waals surface area contributed by atoms with Crippen LogP contribution in [0.25, 0.3) is 11.0 Å². The first-order chi connectivity index (χ1) is 15.2. The number of nitrogens with one attached hydrogen (secondary N) is 1. The summed E-state index contributed by atoms with van der Waals surface area (Å²) in [6.07, 6.45) is -0.0536. The lowest BCUT2D eigenvalue weighted by molar-refractivity contribution is -0.238. The summed E-state index contributed by atoms with van der Waals surface area (Å²) in [5.74, 6) is 0.838. The Morgan fingerprint density at radius 1 is 1.25 bits per heavy atom. The second kappa shape index (κ2) is 7.98. The summed E-state index contributed by atoms with van der Waals surface area (Å²) < 4.78 is 19.0. The van der Waals surface area contributed by atoms with Gasteiger partial charge < -0.3 is 25.1 Å². The first-order valence-corrected chi connectivity index (χ1v) is 10.2. The molecule has 9 heteroatoms. The van der Waals surface area contributed by atoms with Gasteiger partial charge in [0.15, 0.2) is 18.1 Å². The Kier molecular flexibility index (Phi) is 5.46. The molecule has 4 rings (SSSR count). The molecule has 0 saturated carbocycles. The number of nitrogen functional groups attached to an aromatic ring is 1. The zero-order chi connectivity index (χ0) is 23.2. The van der Waals surface area contributed by atoms with E-state index in [4.69, 9.17) is 19.9 Å². The molecule has 0 bridgehead atoms. The molecular weight excluding hydrogens is 410 g/mol. The molecule has 1 aliphatic heterocycles. The first-order valence-electron chi connectivity index (χ1n) is 10.2. The molecule has 2 aromatic carbocycles. The van der Waals surface area contributed by atoms with Crippen molar-refractivity contribution in [2.75, 3.05) is 25.3 Å². The van der Waals surface area contributed by atoms with Crippen LogP contribution < -0.4 is 15.8 Å². The van der Waals surface area contributed by atoms with E-state index < -0.39 is 24.0 Å². The van der Waals surface area contributed by atoms with Crippen molar-refractivity contribution in [2.45, 2.75) is 44.8 Å². The Morgan fingerprint density at radius 3 is 2.59 bits per heavy atom. The van der Waals surface area contributed by atoms with E-state index in [9.17, 15) is 10.4 Å². The maximum atomic E-state index is 11.7. The van der Waals surface area contributed by atoms with Gasteiger partial charge in [0.25, 0.3) is 0 Å². The Morgan fingerprint density at radius 2 is 1.94 bits per heavy atom. The number of hydrogen-bond acceptors (Lipinski definition) is 8. The van der Waals surface area contributed by atoms with Crippen LogP contribution in [0.3, 0.4) is 0 Å². The summed E-state index contributed by atoms with van der Waals surface area (Å²) in [7, 11) is 2.98. The Hall–Kier alpha value is -3.32. The predicted octanol–water partition coefficient (Wildman–Crippen LogP) is 2.85. The molecule has 3 aromatic rings. The largest absolute Gasteiger partial charge is 0.479 e. The minimum atomic E-state index is -1.27. The first kappa shape index (κ1) is 21.9. The van der Waals surface area contributed by atoms with Gasteiger partial charge in [-0.05, 0) is 62.2 Å². The molecule has 168 valence electrons. The number of anilines is 2. The number of aliphatic hydroxyl groups is 1. The van der Waals surface area contributed by atoms with E-state index in [-0.39, 0.29) is 0 Å². The highest BCUT2D eigenvalue weighted by molar-refractivity contribution is 5.81. The van der Waals surface area contributed by atoms with Crippen LogP contribution in [-0.4, -0.2) is 46.9 Å². The van der Waals surface area contributed by atoms with Crippen LogP contribution in [0.5, 0.6) is 5.75 Å². The molecule has 3 atom stereocenters. The highest BCUT2D eigenvalue weighted by Crippen LogP contribution is 2.46. The van der Waals surface area contributed by atoms with Crippen LogP contribution in [0.4, 0.5) is 11.6 Å². The van der Waals surface area contributed by atoms with Gasteiger partial charge in [-0.2, -0.15) is 5.26 Å². The van der Waals surface area contributed by atoms with Crippen LogP contribution in [0.15, 0.2) is 30.3 Å². The number of aromatic nitrogens is 2. The number of nitriles is 1. The maximum Gasteiger partial charge on any atom is 0.218 e. The summed E-state index contributed by atoms with van der Waals surface area (Å²) in [5.41, 5.74) is 9.62. The molecule has 1 aromatic heterocycles. The van der Waals surface area contributed by atoms with Crippen molar-refractivity contribution in [3.05, 3.63) is 47.0 Å². The topological polar surface area (TPSA) is 128 Å². The van der Waals surface area contributed by atoms with E-state index in [1.165, 1.54) is 14.2 Å². The minimum Gasteiger partial charge on any atom is -0.479 e. The highest BCUT2D eigenvalue weighted by atomic mass is 16.7. The normalized spacial score (nSPS) is 22.4. The SMILES string of the molecule is COC(OC)[C@@]1(C)Oc2ccc(N)cc2[C@H](n2c(NC#N)nc3cc(C)c(C)cc32)[C@H]1O. The fraction of sp³-hybridized carbons (Fsp3) is 0.391. The number of aryl methyl sites for hydroxylation is 2. The predicted molar refractivity (Wildman–Crippen MR) is 120 cm³/mol. The molecule has 0 amide bonds. The number of nitrogens with two attached hydrogens (primary N) is 1. The minimum absolute atomic E-state index is 0.306. The molecule has 0 fully saturated rings. The molecule has 0 radical (unpaired) electrons. The third kappa shape index (κ3) is 3.24. The van der Waals surface area contributed by atoms with Crippen molar-refractivity contribution in [3.63, 3.8) is 0 Å². The van der Waals surface area contributed by atoms with Gasteiger partial charge in [-0.1, -0.05) is 0 Å². The highest BCUT2D eigenvalue weighted by Gasteiger charge is 2.53. The monoisotopic (exact) mass is 437 g/mol. The van der Waals surface area contributed by atoms with Crippen LogP contribution in [0.1, 0.15) is 29.7 Å². The average molecular weight is 438 g/mol. The van der Waals surface area contributed by atoms with E-state index in [1.807, 2.05) is 36.7 Å². The molecule has 9 nitrogen and oxygen atoms in total. The van der Waals surface area contributed by atoms with E-state index in [2.05, 4.69) is 10.3 Å². The Balaban J connectivity index is 2.04. The quantitative estimate of drug-likeness (QED) is 0.241. The summed E-state index contributed by atoms with van der Waals surface area (Å²) in [6, 6.07) is 8.52. The van der Waals surface area contributed by atoms with Crippen LogP contribution >= 0.6 is 0 Å². The number of benzene rings is 2. The molecule has 0 unspecified atom stereocenters. The number of nitrogens with zero attached hydrogens (tertiary/aromatic N) is 3. The van der Waals surface area contributed by atoms with Gasteiger partial charge in [0.1, 0.15) is 11.9 Å². The molecule has 32 heavy (non-hydrogen) atoms. The van der Waals surface area contributed by atoms with Crippen molar-refractivity contribution in [1.82, 2.24) is 9.55 Å². The molecule has 0 aliphatic carbocycles. The summed E-state index contributed by atoms with van der Waals surface area (Å²) in [5, 5.41) is 23.8. The van der Waals surface area contributed by atoms with Crippen LogP contribution in [-0.2, 0) is 9.47 Å². The molecule has 2 heterocycles. The van der Waals surface area contributed by atoms with Gasteiger partial charge in [0, 0.05) is 25.5 Å². The van der Waals surface area contributed by atoms with Crippen LogP contribution in [0, 0.1) is 25.3 Å². The summed E-state index contributed by atoms with van der Waals surface area (Å²) in [4.78, 5) is 4.63. The number of hydrogen-bond donors (Lipinski definition) is 3. The zero-order valence-corrected chi connectivity index (χ0v) is 18.7. The van der Waals surface area contributed by atoms with Crippen molar-refractivity contribution in [2.24, 2.45) is 0 Å². The third-order valence-electron chi connectivity index (χ3n) is 6.22. The van der Waals surface area contributed by atoms with Gasteiger partial charge >= 0.3 is 0 Å². The van der Waals surface area contributed by atoms with Crippen molar-refractivity contribution < 1.29 is 19.3 Å². The number of imidazole rings is 1. The summed E-state index contributed by atoms with van der Waals surface area (Å²) >= 11 is 0. The second-order valence-electron chi connectivity index (χ2n) is 8.24. The lowest BCUT2D eigenvalue weighted by Gasteiger charge is -2.47. The fourth-order valence-electron chi connectivity index (χ4n) is 4.47. The molecule has 0 spiro atoms. The number of ether oxygens (including phenoxy) is 3. The number of aliphatic hydroxyl groups excluding tert-OH is 1. The van der Waals surface area contributed by atoms with Gasteiger partial charge in [-0.3, -0.25) is 9.88 Å². The van der Waals surface area contributed by atoms with Crippen LogP contribution in [0.2, 0.25) is 0 Å². The smallest absolute Gasteiger partial charge is 0.218 e. The number of fused-ring (bicyclic) bond motifs is 2. The van der Waals surface area contributed by atoms with E-state index >= 15 is 0 Å². The third-order valence-corrected chi connectivity index (χ3v) is 6.22. The lowest BCUT2D eigenvalue weighted by Crippen LogP contribution is -2.60. The van der Waals surface area contributed by atoms with Gasteiger partial charge in [-0.15, -0.1) is 0 Å². The molecular formula is C23H27N5O4. The van der Waals surface area contributed by atoms with Gasteiger partial charge in [-0.25, -0.2) is 4.98 Å². The van der Waals surface area contributed by atoms with Gasteiger partial charge in [0.2, 0.25) is 5.95 Å². The standard InChI is InChI=1S/C23H27N5O4/c1-12-8-16-17(9-13(12)2)28(22(27-16)26-11-24)19-15-10-14(25)6-7-18(15)32-23(3,20(19)29)21(30-4)31-5/h6-10,19-21,29H,25H2,1-5H3,(H,26,27)/t19-,20+,23-/m0/s1. The molecule has 4 N–H and O–H groups in total. The number of rotatable bonds is 5. The summed E-state index contributed by atoms with van der Waals surface area (Å²) in [6.45, 7) is 5.74. The van der Waals surface area contributed by atoms with E-state index in [0.29, 0.717) is 28.5 Å². The van der Waals surface area contributed by atoms with E-state index in [1.54, 1.807) is 25.1 Å². The van der Waals surface area contributed by atoms with Crippen molar-refractivity contribution in [3.8, 4) is 11.9 Å². The molecule has 1 aliphatic rings.